The molecule has 0 unspecified atom stereocenters. The van der Waals surface area contributed by atoms with E-state index < -0.39 is 5.97 Å². The largest absolute Gasteiger partial charge is 0.476 e. The molecule has 0 saturated carbocycles. The lowest BCUT2D eigenvalue weighted by atomic mass is 9.85. The Morgan fingerprint density at radius 3 is 2.69 bits per heavy atom. The number of aromatic carboxylic acids is 1. The monoisotopic (exact) mass is 472 g/mol. The zero-order chi connectivity index (χ0) is 22.5. The van der Waals surface area contributed by atoms with Crippen molar-refractivity contribution in [2.24, 2.45) is 0 Å². The first-order valence-corrected chi connectivity index (χ1v) is 12.1. The summed E-state index contributed by atoms with van der Waals surface area (Å²) < 4.78 is 2.39. The summed E-state index contributed by atoms with van der Waals surface area (Å²) in [7, 11) is 0. The Hall–Kier alpha value is -2.42. The quantitative estimate of drug-likeness (QED) is 0.589. The standard InChI is InChI=1S/C23H25ClN4O3S/c1-15-3-4-16-12-17(32-19(16)11-15)13-27-8-2-5-23(27)6-9-26(10-7-23)22(31)28-14-18(24)20(25-28)21(29)30/h3-4,11-12,14H,2,5-10,13H2,1H3,(H,29,30). The summed E-state index contributed by atoms with van der Waals surface area (Å²) in [4.78, 5) is 29.8. The summed E-state index contributed by atoms with van der Waals surface area (Å²) in [6, 6.07) is 8.61. The van der Waals surface area contributed by atoms with Gasteiger partial charge in [0.2, 0.25) is 0 Å². The molecular weight excluding hydrogens is 448 g/mol. The molecule has 5 rings (SSSR count). The average molecular weight is 473 g/mol. The molecule has 168 valence electrons. The van der Waals surface area contributed by atoms with Crippen molar-refractivity contribution in [3.05, 3.63) is 51.6 Å². The fourth-order valence-corrected chi connectivity index (χ4v) is 6.51. The second-order valence-electron chi connectivity index (χ2n) is 8.85. The van der Waals surface area contributed by atoms with Gasteiger partial charge in [-0.1, -0.05) is 23.7 Å². The number of aromatic nitrogens is 2. The van der Waals surface area contributed by atoms with Crippen molar-refractivity contribution in [1.82, 2.24) is 19.6 Å². The summed E-state index contributed by atoms with van der Waals surface area (Å²) in [5.41, 5.74) is 1.11. The van der Waals surface area contributed by atoms with E-state index in [0.29, 0.717) is 13.1 Å². The van der Waals surface area contributed by atoms with Crippen molar-refractivity contribution >= 4 is 45.0 Å². The molecule has 9 heteroatoms. The highest BCUT2D eigenvalue weighted by Crippen LogP contribution is 2.40. The topological polar surface area (TPSA) is 78.7 Å². The molecule has 2 aromatic heterocycles. The maximum absolute atomic E-state index is 12.9. The van der Waals surface area contributed by atoms with Gasteiger partial charge < -0.3 is 10.0 Å². The Balaban J connectivity index is 1.27. The zero-order valence-electron chi connectivity index (χ0n) is 17.9. The molecule has 1 amide bonds. The first kappa shape index (κ1) is 21.4. The van der Waals surface area contributed by atoms with E-state index in [2.05, 4.69) is 41.2 Å². The van der Waals surface area contributed by atoms with E-state index in [-0.39, 0.29) is 22.3 Å². The molecule has 3 aromatic rings. The van der Waals surface area contributed by atoms with Gasteiger partial charge in [-0.3, -0.25) is 4.90 Å². The van der Waals surface area contributed by atoms with Gasteiger partial charge in [0.15, 0.2) is 5.69 Å². The van der Waals surface area contributed by atoms with Crippen LogP contribution >= 0.6 is 22.9 Å². The second-order valence-corrected chi connectivity index (χ2v) is 10.4. The van der Waals surface area contributed by atoms with Crippen molar-refractivity contribution < 1.29 is 14.7 Å². The summed E-state index contributed by atoms with van der Waals surface area (Å²) >= 11 is 7.79. The van der Waals surface area contributed by atoms with E-state index in [1.165, 1.54) is 33.1 Å². The van der Waals surface area contributed by atoms with Crippen LogP contribution < -0.4 is 0 Å². The molecule has 0 radical (unpaired) electrons. The van der Waals surface area contributed by atoms with Gasteiger partial charge in [-0.2, -0.15) is 9.78 Å². The number of piperidine rings is 1. The van der Waals surface area contributed by atoms with Gasteiger partial charge in [0.25, 0.3) is 0 Å². The number of rotatable bonds is 3. The number of nitrogens with zero attached hydrogens (tertiary/aromatic N) is 4. The lowest BCUT2D eigenvalue weighted by Crippen LogP contribution is -2.53. The van der Waals surface area contributed by atoms with Crippen LogP contribution in [0.1, 0.15) is 46.6 Å². The molecule has 32 heavy (non-hydrogen) atoms. The normalized spacial score (nSPS) is 18.6. The number of carbonyl (C=O) groups excluding carboxylic acids is 1. The van der Waals surface area contributed by atoms with Crippen LogP contribution in [-0.2, 0) is 6.54 Å². The highest BCUT2D eigenvalue weighted by molar-refractivity contribution is 7.19. The third-order valence-corrected chi connectivity index (χ3v) is 8.21. The van der Waals surface area contributed by atoms with Crippen LogP contribution in [-0.4, -0.2) is 61.9 Å². The number of likely N-dealkylation sites (tertiary alicyclic amines) is 2. The fraction of sp³-hybridized carbons (Fsp3) is 0.435. The van der Waals surface area contributed by atoms with E-state index >= 15 is 0 Å². The van der Waals surface area contributed by atoms with E-state index in [1.54, 1.807) is 4.90 Å². The van der Waals surface area contributed by atoms with Crippen LogP contribution in [0.3, 0.4) is 0 Å². The first-order chi connectivity index (χ1) is 15.3. The van der Waals surface area contributed by atoms with Crippen LogP contribution in [0.4, 0.5) is 4.79 Å². The molecule has 2 aliphatic rings. The minimum absolute atomic E-state index is 0.0279. The number of hydrogen-bond donors (Lipinski definition) is 1. The van der Waals surface area contributed by atoms with Crippen LogP contribution in [0.15, 0.2) is 30.5 Å². The van der Waals surface area contributed by atoms with Gasteiger partial charge in [0.1, 0.15) is 0 Å². The van der Waals surface area contributed by atoms with Crippen molar-refractivity contribution in [3.8, 4) is 0 Å². The van der Waals surface area contributed by atoms with Crippen molar-refractivity contribution in [2.45, 2.75) is 44.7 Å². The fourth-order valence-electron chi connectivity index (χ4n) is 5.12. The maximum Gasteiger partial charge on any atom is 0.357 e. The maximum atomic E-state index is 12.9. The van der Waals surface area contributed by atoms with Gasteiger partial charge in [-0.25, -0.2) is 9.59 Å². The third kappa shape index (κ3) is 3.80. The molecule has 2 fully saturated rings. The van der Waals surface area contributed by atoms with Gasteiger partial charge in [-0.15, -0.1) is 11.3 Å². The minimum atomic E-state index is -1.24. The van der Waals surface area contributed by atoms with E-state index in [0.717, 1.165) is 37.0 Å². The highest BCUT2D eigenvalue weighted by atomic mass is 35.5. The second kappa shape index (κ2) is 8.17. The lowest BCUT2D eigenvalue weighted by molar-refractivity contribution is 0.0591. The van der Waals surface area contributed by atoms with E-state index in [1.807, 2.05) is 11.3 Å². The van der Waals surface area contributed by atoms with Crippen LogP contribution in [0.2, 0.25) is 5.02 Å². The SMILES string of the molecule is Cc1ccc2cc(CN3CCCC34CCN(C(=O)n3cc(Cl)c(C(=O)O)n3)CC4)sc2c1. The number of halogens is 1. The lowest BCUT2D eigenvalue weighted by Gasteiger charge is -2.44. The number of amides is 1. The Labute approximate surface area is 195 Å². The molecule has 0 atom stereocenters. The predicted molar refractivity (Wildman–Crippen MR) is 125 cm³/mol. The van der Waals surface area contributed by atoms with Gasteiger partial charge in [0.05, 0.1) is 11.2 Å². The van der Waals surface area contributed by atoms with Crippen LogP contribution in [0.25, 0.3) is 10.1 Å². The molecule has 1 spiro atoms. The summed E-state index contributed by atoms with van der Waals surface area (Å²) in [6.45, 7) is 5.41. The number of carboxylic acid groups (broad SMARTS) is 1. The first-order valence-electron chi connectivity index (χ1n) is 10.9. The van der Waals surface area contributed by atoms with E-state index in [9.17, 15) is 9.59 Å². The summed E-state index contributed by atoms with van der Waals surface area (Å²) in [6.07, 6.45) is 5.42. The Bertz CT molecular complexity index is 1200. The molecule has 4 heterocycles. The molecule has 1 N–H and O–H groups in total. The molecule has 2 aliphatic heterocycles. The van der Waals surface area contributed by atoms with Crippen molar-refractivity contribution in [1.29, 1.82) is 0 Å². The highest BCUT2D eigenvalue weighted by Gasteiger charge is 2.44. The number of hydrogen-bond acceptors (Lipinski definition) is 5. The van der Waals surface area contributed by atoms with Gasteiger partial charge in [-0.05, 0) is 62.2 Å². The molecular formula is C23H25ClN4O3S. The summed E-state index contributed by atoms with van der Waals surface area (Å²) in [5, 5.41) is 14.3. The number of aryl methyl sites for hydroxylation is 1. The van der Waals surface area contributed by atoms with Gasteiger partial charge >= 0.3 is 12.0 Å². The number of carboxylic acids is 1. The number of carbonyl (C=O) groups is 2. The number of fused-ring (bicyclic) bond motifs is 1. The molecule has 0 bridgehead atoms. The van der Waals surface area contributed by atoms with Crippen LogP contribution in [0, 0.1) is 6.92 Å². The van der Waals surface area contributed by atoms with Gasteiger partial charge in [0, 0.05) is 34.8 Å². The van der Waals surface area contributed by atoms with Crippen LogP contribution in [0.5, 0.6) is 0 Å². The molecule has 1 aromatic carbocycles. The predicted octanol–water partition coefficient (Wildman–Crippen LogP) is 4.86. The smallest absolute Gasteiger partial charge is 0.357 e. The minimum Gasteiger partial charge on any atom is -0.476 e. The molecule has 2 saturated heterocycles. The van der Waals surface area contributed by atoms with Crippen molar-refractivity contribution in [2.75, 3.05) is 19.6 Å². The zero-order valence-corrected chi connectivity index (χ0v) is 19.5. The number of benzene rings is 1. The number of thiophene rings is 1. The van der Waals surface area contributed by atoms with Crippen molar-refractivity contribution in [3.63, 3.8) is 0 Å². The Morgan fingerprint density at radius 1 is 1.19 bits per heavy atom. The summed E-state index contributed by atoms with van der Waals surface area (Å²) in [5.74, 6) is -1.24. The third-order valence-electron chi connectivity index (χ3n) is 6.85. The average Bonchev–Trinajstić information content (AvgIpc) is 3.45. The molecule has 7 nitrogen and oxygen atoms in total. The Morgan fingerprint density at radius 2 is 1.97 bits per heavy atom. The van der Waals surface area contributed by atoms with E-state index in [4.69, 9.17) is 16.7 Å². The molecule has 0 aliphatic carbocycles. The Kier molecular flexibility index (Phi) is 5.47.